The van der Waals surface area contributed by atoms with Crippen LogP contribution in [0.2, 0.25) is 0 Å². The first-order chi connectivity index (χ1) is 6.93. The minimum absolute atomic E-state index is 1.09. The number of hydrogen-bond donors (Lipinski definition) is 0. The minimum atomic E-state index is 1.09. The highest BCUT2D eigenvalue weighted by Crippen LogP contribution is 2.33. The second-order valence-electron chi connectivity index (χ2n) is 3.52. The Balaban J connectivity index is 2.04. The van der Waals surface area contributed by atoms with Crippen molar-refractivity contribution < 1.29 is 0 Å². The number of fused-ring (bicyclic) bond motifs is 1. The summed E-state index contributed by atoms with van der Waals surface area (Å²) >= 11 is 1.82. The molecule has 0 saturated carbocycles. The van der Waals surface area contributed by atoms with Crippen LogP contribution in [-0.2, 0) is 6.42 Å². The van der Waals surface area contributed by atoms with Gasteiger partial charge in [-0.05, 0) is 40.6 Å². The van der Waals surface area contributed by atoms with Crippen molar-refractivity contribution in [2.45, 2.75) is 6.42 Å². The van der Waals surface area contributed by atoms with Gasteiger partial charge < -0.3 is 0 Å². The van der Waals surface area contributed by atoms with Gasteiger partial charge in [-0.15, -0.1) is 11.3 Å². The molecule has 0 nitrogen and oxygen atoms in total. The van der Waals surface area contributed by atoms with Gasteiger partial charge >= 0.3 is 0 Å². The van der Waals surface area contributed by atoms with Crippen molar-refractivity contribution in [1.29, 1.82) is 0 Å². The molecule has 1 aliphatic carbocycles. The summed E-state index contributed by atoms with van der Waals surface area (Å²) in [5, 5.41) is 2.14. The molecule has 3 rings (SSSR count). The van der Waals surface area contributed by atoms with E-state index in [0.29, 0.717) is 0 Å². The predicted molar refractivity (Wildman–Crippen MR) is 62.3 cm³/mol. The van der Waals surface area contributed by atoms with Gasteiger partial charge in [-0.25, -0.2) is 0 Å². The Kier molecular flexibility index (Phi) is 1.78. The summed E-state index contributed by atoms with van der Waals surface area (Å²) in [5.41, 5.74) is 4.30. The molecule has 1 heterocycles. The van der Waals surface area contributed by atoms with Crippen LogP contribution < -0.4 is 0 Å². The maximum Gasteiger partial charge on any atom is 0.0305 e. The van der Waals surface area contributed by atoms with Gasteiger partial charge in [0.2, 0.25) is 0 Å². The Morgan fingerprint density at radius 2 is 1.93 bits per heavy atom. The summed E-state index contributed by atoms with van der Waals surface area (Å²) in [5.74, 6) is 0. The molecule has 1 heteroatoms. The maximum absolute atomic E-state index is 2.31. The quantitative estimate of drug-likeness (QED) is 0.653. The molecule has 0 atom stereocenters. The van der Waals surface area contributed by atoms with Crippen LogP contribution >= 0.6 is 11.3 Å². The van der Waals surface area contributed by atoms with Crippen molar-refractivity contribution in [1.82, 2.24) is 0 Å². The first kappa shape index (κ1) is 8.01. The lowest BCUT2D eigenvalue weighted by molar-refractivity contribution is 1.33. The van der Waals surface area contributed by atoms with Crippen molar-refractivity contribution in [3.63, 3.8) is 0 Å². The molecule has 68 valence electrons. The number of thiophene rings is 1. The number of hydrogen-bond acceptors (Lipinski definition) is 1. The number of benzene rings is 1. The normalized spacial score (nSPS) is 13.9. The Hall–Kier alpha value is -1.34. The van der Waals surface area contributed by atoms with Crippen molar-refractivity contribution in [2.24, 2.45) is 0 Å². The second kappa shape index (κ2) is 3.10. The van der Waals surface area contributed by atoms with Crippen LogP contribution in [0.5, 0.6) is 0 Å². The highest BCUT2D eigenvalue weighted by atomic mass is 32.1. The van der Waals surface area contributed by atoms with E-state index in [1.807, 2.05) is 11.3 Å². The lowest BCUT2D eigenvalue weighted by Gasteiger charge is -1.96. The van der Waals surface area contributed by atoms with Gasteiger partial charge in [0.15, 0.2) is 0 Å². The molecule has 0 N–H and O–H groups in total. The average molecular weight is 198 g/mol. The van der Waals surface area contributed by atoms with E-state index in [1.165, 1.54) is 21.6 Å². The molecule has 0 amide bonds. The fourth-order valence-corrected chi connectivity index (χ4v) is 2.64. The Morgan fingerprint density at radius 3 is 2.71 bits per heavy atom. The van der Waals surface area contributed by atoms with Crippen molar-refractivity contribution in [3.05, 3.63) is 57.8 Å². The molecule has 2 aromatic rings. The van der Waals surface area contributed by atoms with Crippen LogP contribution in [0.3, 0.4) is 0 Å². The zero-order chi connectivity index (χ0) is 9.38. The SMILES string of the molecule is C1=C(c2cccs2)Cc2ccccc21. The first-order valence-electron chi connectivity index (χ1n) is 4.76. The number of rotatable bonds is 1. The van der Waals surface area contributed by atoms with Crippen LogP contribution in [0.25, 0.3) is 11.6 Å². The summed E-state index contributed by atoms with van der Waals surface area (Å²) in [6.07, 6.45) is 3.40. The number of allylic oxidation sites excluding steroid dienone is 1. The third-order valence-corrected chi connectivity index (χ3v) is 3.55. The summed E-state index contributed by atoms with van der Waals surface area (Å²) in [4.78, 5) is 1.40. The van der Waals surface area contributed by atoms with Gasteiger partial charge in [-0.3, -0.25) is 0 Å². The molecule has 1 aromatic heterocycles. The van der Waals surface area contributed by atoms with Crippen molar-refractivity contribution >= 4 is 23.0 Å². The minimum Gasteiger partial charge on any atom is -0.144 e. The van der Waals surface area contributed by atoms with E-state index in [1.54, 1.807) is 0 Å². The molecule has 1 aliphatic rings. The van der Waals surface area contributed by atoms with Crippen LogP contribution in [0, 0.1) is 0 Å². The molecule has 0 bridgehead atoms. The summed E-state index contributed by atoms with van der Waals surface area (Å²) in [6.45, 7) is 0. The molecule has 0 unspecified atom stereocenters. The topological polar surface area (TPSA) is 0 Å². The van der Waals surface area contributed by atoms with Gasteiger partial charge in [-0.1, -0.05) is 30.3 Å². The van der Waals surface area contributed by atoms with E-state index >= 15 is 0 Å². The van der Waals surface area contributed by atoms with Crippen LogP contribution in [0.15, 0.2) is 41.8 Å². The summed E-state index contributed by atoms with van der Waals surface area (Å²) in [7, 11) is 0. The summed E-state index contributed by atoms with van der Waals surface area (Å²) < 4.78 is 0. The lowest BCUT2D eigenvalue weighted by Crippen LogP contribution is -1.81. The van der Waals surface area contributed by atoms with E-state index in [4.69, 9.17) is 0 Å². The molecule has 0 saturated heterocycles. The largest absolute Gasteiger partial charge is 0.144 e. The fraction of sp³-hybridized carbons (Fsp3) is 0.0769. The van der Waals surface area contributed by atoms with Crippen LogP contribution in [0.4, 0.5) is 0 Å². The van der Waals surface area contributed by atoms with E-state index in [-0.39, 0.29) is 0 Å². The van der Waals surface area contributed by atoms with E-state index in [0.717, 1.165) is 6.42 Å². The molecule has 0 spiro atoms. The third-order valence-electron chi connectivity index (χ3n) is 2.60. The zero-order valence-electron chi connectivity index (χ0n) is 7.73. The van der Waals surface area contributed by atoms with E-state index < -0.39 is 0 Å². The fourth-order valence-electron chi connectivity index (χ4n) is 1.90. The summed E-state index contributed by atoms with van der Waals surface area (Å²) in [6, 6.07) is 12.9. The Morgan fingerprint density at radius 1 is 1.00 bits per heavy atom. The van der Waals surface area contributed by atoms with Gasteiger partial charge in [0.1, 0.15) is 0 Å². The Bertz CT molecular complexity index is 478. The highest BCUT2D eigenvalue weighted by molar-refractivity contribution is 7.11. The molecular formula is C13H10S. The molecule has 1 aromatic carbocycles. The van der Waals surface area contributed by atoms with E-state index in [9.17, 15) is 0 Å². The van der Waals surface area contributed by atoms with Gasteiger partial charge in [0.25, 0.3) is 0 Å². The van der Waals surface area contributed by atoms with Crippen molar-refractivity contribution in [3.8, 4) is 0 Å². The Labute approximate surface area is 87.5 Å². The average Bonchev–Trinajstić information content (AvgIpc) is 2.86. The first-order valence-corrected chi connectivity index (χ1v) is 5.64. The zero-order valence-corrected chi connectivity index (χ0v) is 8.55. The third kappa shape index (κ3) is 1.21. The molecule has 0 radical (unpaired) electrons. The highest BCUT2D eigenvalue weighted by Gasteiger charge is 2.13. The van der Waals surface area contributed by atoms with Gasteiger partial charge in [0, 0.05) is 4.88 Å². The lowest BCUT2D eigenvalue weighted by atomic mass is 10.1. The smallest absolute Gasteiger partial charge is 0.0305 e. The predicted octanol–water partition coefficient (Wildman–Crippen LogP) is 3.84. The monoisotopic (exact) mass is 198 g/mol. The van der Waals surface area contributed by atoms with Crippen molar-refractivity contribution in [2.75, 3.05) is 0 Å². The standard InChI is InChI=1S/C13H10S/c1-2-5-11-9-12(8-10(11)4-1)13-6-3-7-14-13/h1-8H,9H2. The van der Waals surface area contributed by atoms with Crippen LogP contribution in [0.1, 0.15) is 16.0 Å². The van der Waals surface area contributed by atoms with Gasteiger partial charge in [-0.2, -0.15) is 0 Å². The van der Waals surface area contributed by atoms with E-state index in [2.05, 4.69) is 47.9 Å². The van der Waals surface area contributed by atoms with Gasteiger partial charge in [0.05, 0.1) is 0 Å². The molecule has 0 aliphatic heterocycles. The molecular weight excluding hydrogens is 188 g/mol. The second-order valence-corrected chi connectivity index (χ2v) is 4.47. The maximum atomic E-state index is 2.31. The molecule has 14 heavy (non-hydrogen) atoms. The molecule has 0 fully saturated rings. The van der Waals surface area contributed by atoms with Crippen LogP contribution in [-0.4, -0.2) is 0 Å².